The number of nitrogens with one attached hydrogen (secondary N) is 1. The molecule has 0 spiro atoms. The maximum Gasteiger partial charge on any atom is 0.409 e. The van der Waals surface area contributed by atoms with Gasteiger partial charge in [0.25, 0.3) is 0 Å². The van der Waals surface area contributed by atoms with E-state index in [9.17, 15) is 9.18 Å². The standard InChI is InChI=1S/C9H10FNO2/c10-7-11-9(12)13-6-8-4-2-1-3-5-8/h1-5H,6-7H2,(H,11,12). The van der Waals surface area contributed by atoms with Gasteiger partial charge in [-0.25, -0.2) is 9.18 Å². The molecule has 4 heteroatoms. The van der Waals surface area contributed by atoms with Gasteiger partial charge in [0, 0.05) is 0 Å². The van der Waals surface area contributed by atoms with Crippen LogP contribution in [0.4, 0.5) is 9.18 Å². The summed E-state index contributed by atoms with van der Waals surface area (Å²) in [5.74, 6) is 0. The van der Waals surface area contributed by atoms with Gasteiger partial charge in [0.2, 0.25) is 0 Å². The average Bonchev–Trinajstić information content (AvgIpc) is 2.17. The molecule has 0 saturated heterocycles. The van der Waals surface area contributed by atoms with Crippen molar-refractivity contribution in [1.29, 1.82) is 0 Å². The van der Waals surface area contributed by atoms with Crippen molar-refractivity contribution in [3.63, 3.8) is 0 Å². The van der Waals surface area contributed by atoms with E-state index in [1.807, 2.05) is 35.6 Å². The van der Waals surface area contributed by atoms with Crippen LogP contribution >= 0.6 is 0 Å². The van der Waals surface area contributed by atoms with Crippen LogP contribution in [0, 0.1) is 0 Å². The SMILES string of the molecule is O=C(NCF)OCc1ccccc1. The lowest BCUT2D eigenvalue weighted by molar-refractivity contribution is 0.135. The molecule has 3 nitrogen and oxygen atoms in total. The zero-order valence-electron chi connectivity index (χ0n) is 7.00. The summed E-state index contributed by atoms with van der Waals surface area (Å²) in [7, 11) is 0. The van der Waals surface area contributed by atoms with Crippen molar-refractivity contribution >= 4 is 6.09 Å². The Bertz CT molecular complexity index is 264. The van der Waals surface area contributed by atoms with Gasteiger partial charge < -0.3 is 4.74 Å². The minimum absolute atomic E-state index is 0.159. The highest BCUT2D eigenvalue weighted by molar-refractivity contribution is 5.66. The molecule has 0 aliphatic heterocycles. The first-order valence-corrected chi connectivity index (χ1v) is 3.83. The molecule has 0 aromatic heterocycles. The van der Waals surface area contributed by atoms with Crippen LogP contribution in [0.5, 0.6) is 0 Å². The predicted molar refractivity (Wildman–Crippen MR) is 45.7 cm³/mol. The van der Waals surface area contributed by atoms with Gasteiger partial charge in [0.1, 0.15) is 6.61 Å². The second kappa shape index (κ2) is 5.13. The Labute approximate surface area is 75.5 Å². The molecule has 0 aliphatic rings. The Kier molecular flexibility index (Phi) is 3.75. The highest BCUT2D eigenvalue weighted by Crippen LogP contribution is 2.00. The average molecular weight is 183 g/mol. The third-order valence-corrected chi connectivity index (χ3v) is 1.42. The van der Waals surface area contributed by atoms with Gasteiger partial charge in [-0.3, -0.25) is 5.32 Å². The van der Waals surface area contributed by atoms with Crippen molar-refractivity contribution in [1.82, 2.24) is 5.32 Å². The lowest BCUT2D eigenvalue weighted by Crippen LogP contribution is -2.22. The zero-order chi connectivity index (χ0) is 9.52. The summed E-state index contributed by atoms with van der Waals surface area (Å²) in [6.07, 6.45) is -0.744. The highest BCUT2D eigenvalue weighted by Gasteiger charge is 1.99. The molecule has 1 aromatic rings. The van der Waals surface area contributed by atoms with Crippen LogP contribution in [0.3, 0.4) is 0 Å². The van der Waals surface area contributed by atoms with E-state index in [1.165, 1.54) is 0 Å². The van der Waals surface area contributed by atoms with E-state index in [-0.39, 0.29) is 6.61 Å². The number of hydrogen-bond acceptors (Lipinski definition) is 2. The minimum Gasteiger partial charge on any atom is -0.445 e. The van der Waals surface area contributed by atoms with Crippen molar-refractivity contribution in [2.45, 2.75) is 6.61 Å². The number of ether oxygens (including phenoxy) is 1. The Morgan fingerprint density at radius 2 is 2.08 bits per heavy atom. The van der Waals surface area contributed by atoms with Gasteiger partial charge in [-0.2, -0.15) is 0 Å². The summed E-state index contributed by atoms with van der Waals surface area (Å²) >= 11 is 0. The molecule has 0 radical (unpaired) electrons. The van der Waals surface area contributed by atoms with E-state index < -0.39 is 12.9 Å². The molecule has 1 rings (SSSR count). The maximum absolute atomic E-state index is 11.6. The fraction of sp³-hybridized carbons (Fsp3) is 0.222. The number of rotatable bonds is 3. The van der Waals surface area contributed by atoms with Gasteiger partial charge >= 0.3 is 6.09 Å². The lowest BCUT2D eigenvalue weighted by atomic mass is 10.2. The third-order valence-electron chi connectivity index (χ3n) is 1.42. The molecule has 0 saturated carbocycles. The van der Waals surface area contributed by atoms with Crippen LogP contribution in [-0.4, -0.2) is 12.9 Å². The topological polar surface area (TPSA) is 38.3 Å². The molecule has 0 fully saturated rings. The molecule has 0 atom stereocenters. The second-order valence-corrected chi connectivity index (χ2v) is 2.37. The molecule has 0 unspecified atom stereocenters. The Morgan fingerprint density at radius 1 is 1.38 bits per heavy atom. The highest BCUT2D eigenvalue weighted by atomic mass is 19.1. The van der Waals surface area contributed by atoms with Crippen LogP contribution in [0.1, 0.15) is 5.56 Å². The van der Waals surface area contributed by atoms with E-state index in [1.54, 1.807) is 0 Å². The first-order valence-electron chi connectivity index (χ1n) is 3.83. The predicted octanol–water partition coefficient (Wildman–Crippen LogP) is 1.84. The summed E-state index contributed by atoms with van der Waals surface area (Å²) in [5.41, 5.74) is 0.872. The molecule has 1 amide bonds. The van der Waals surface area contributed by atoms with Gasteiger partial charge in [-0.15, -0.1) is 0 Å². The summed E-state index contributed by atoms with van der Waals surface area (Å²) < 4.78 is 16.2. The maximum atomic E-state index is 11.6. The van der Waals surface area contributed by atoms with E-state index in [0.717, 1.165) is 5.56 Å². The molecular weight excluding hydrogens is 173 g/mol. The fourth-order valence-corrected chi connectivity index (χ4v) is 0.829. The Hall–Kier alpha value is -1.58. The van der Waals surface area contributed by atoms with Crippen molar-refractivity contribution in [2.75, 3.05) is 6.80 Å². The largest absolute Gasteiger partial charge is 0.445 e. The number of alkyl halides is 1. The van der Waals surface area contributed by atoms with Crippen molar-refractivity contribution in [2.24, 2.45) is 0 Å². The van der Waals surface area contributed by atoms with Crippen LogP contribution in [0.15, 0.2) is 30.3 Å². The van der Waals surface area contributed by atoms with E-state index in [0.29, 0.717) is 0 Å². The molecule has 70 valence electrons. The Morgan fingerprint density at radius 3 is 2.69 bits per heavy atom. The summed E-state index contributed by atoms with van der Waals surface area (Å²) in [6.45, 7) is -0.750. The van der Waals surface area contributed by atoms with Crippen molar-refractivity contribution in [3.05, 3.63) is 35.9 Å². The summed E-state index contributed by atoms with van der Waals surface area (Å²) in [6, 6.07) is 9.19. The van der Waals surface area contributed by atoms with Crippen LogP contribution in [-0.2, 0) is 11.3 Å². The number of alkyl carbamates (subject to hydrolysis) is 1. The molecular formula is C9H10FNO2. The first-order chi connectivity index (χ1) is 6.33. The number of halogens is 1. The first kappa shape index (κ1) is 9.51. The molecule has 0 bridgehead atoms. The summed E-state index contributed by atoms with van der Waals surface area (Å²) in [4.78, 5) is 10.6. The van der Waals surface area contributed by atoms with E-state index in [2.05, 4.69) is 4.74 Å². The monoisotopic (exact) mass is 183 g/mol. The van der Waals surface area contributed by atoms with Crippen LogP contribution < -0.4 is 5.32 Å². The van der Waals surface area contributed by atoms with Crippen LogP contribution in [0.2, 0.25) is 0 Å². The quantitative estimate of drug-likeness (QED) is 0.726. The van der Waals surface area contributed by atoms with E-state index >= 15 is 0 Å². The lowest BCUT2D eigenvalue weighted by Gasteiger charge is -2.03. The smallest absolute Gasteiger partial charge is 0.409 e. The van der Waals surface area contributed by atoms with Gasteiger partial charge in [-0.05, 0) is 5.56 Å². The summed E-state index contributed by atoms with van der Waals surface area (Å²) in [5, 5.41) is 1.89. The molecule has 1 N–H and O–H groups in total. The normalized spacial score (nSPS) is 9.31. The third kappa shape index (κ3) is 3.55. The van der Waals surface area contributed by atoms with Gasteiger partial charge in [0.15, 0.2) is 6.80 Å². The Balaban J connectivity index is 2.31. The number of hydrogen-bond donors (Lipinski definition) is 1. The number of carbonyl (C=O) groups excluding carboxylic acids is 1. The number of benzene rings is 1. The molecule has 0 heterocycles. The van der Waals surface area contributed by atoms with Crippen molar-refractivity contribution < 1.29 is 13.9 Å². The minimum atomic E-state index is -0.909. The fourth-order valence-electron chi connectivity index (χ4n) is 0.829. The second-order valence-electron chi connectivity index (χ2n) is 2.37. The van der Waals surface area contributed by atoms with Crippen molar-refractivity contribution in [3.8, 4) is 0 Å². The van der Waals surface area contributed by atoms with Gasteiger partial charge in [0.05, 0.1) is 0 Å². The molecule has 13 heavy (non-hydrogen) atoms. The van der Waals surface area contributed by atoms with Gasteiger partial charge in [-0.1, -0.05) is 30.3 Å². The number of amides is 1. The van der Waals surface area contributed by atoms with Crippen LogP contribution in [0.25, 0.3) is 0 Å². The molecule has 0 aliphatic carbocycles. The number of carbonyl (C=O) groups is 1. The van der Waals surface area contributed by atoms with E-state index in [4.69, 9.17) is 0 Å². The zero-order valence-corrected chi connectivity index (χ0v) is 7.00. The molecule has 1 aromatic carbocycles.